The summed E-state index contributed by atoms with van der Waals surface area (Å²) in [5, 5.41) is 9.96. The molecule has 0 N–H and O–H groups in total. The van der Waals surface area contributed by atoms with Gasteiger partial charge in [0.2, 0.25) is 0 Å². The lowest BCUT2D eigenvalue weighted by Crippen LogP contribution is -2.19. The minimum absolute atomic E-state index is 0.0127. The highest BCUT2D eigenvalue weighted by molar-refractivity contribution is 8.07. The summed E-state index contributed by atoms with van der Waals surface area (Å²) in [6, 6.07) is 11.8. The van der Waals surface area contributed by atoms with Gasteiger partial charge in [-0.15, -0.1) is 0 Å². The molecule has 5 heteroatoms. The second kappa shape index (κ2) is 8.23. The standard InChI is InChI=1S/C19H18N2O2S/c1-4-11-23-19(22)16(13-20)18-21(5-2)14(3)17(24-18)12-15-9-7-6-8-10-15/h4,6-10,12H,1,3,5,11H2,2H3/b17-12-,18-16-. The van der Waals surface area contributed by atoms with Gasteiger partial charge in [0.05, 0.1) is 0 Å². The fourth-order valence-electron chi connectivity index (χ4n) is 2.20. The molecule has 1 heterocycles. The predicted molar refractivity (Wildman–Crippen MR) is 97.3 cm³/mol. The van der Waals surface area contributed by atoms with E-state index in [0.717, 1.165) is 16.2 Å². The first kappa shape index (κ1) is 17.6. The molecule has 1 aliphatic rings. The summed E-state index contributed by atoms with van der Waals surface area (Å²) in [5.74, 6) is -0.646. The number of ether oxygens (including phenoxy) is 1. The third-order valence-corrected chi connectivity index (χ3v) is 4.53. The zero-order chi connectivity index (χ0) is 17.5. The average Bonchev–Trinajstić information content (AvgIpc) is 2.90. The Morgan fingerprint density at radius 1 is 1.42 bits per heavy atom. The van der Waals surface area contributed by atoms with Crippen molar-refractivity contribution in [3.8, 4) is 6.07 Å². The molecule has 1 saturated heterocycles. The van der Waals surface area contributed by atoms with Crippen LogP contribution in [0.25, 0.3) is 6.08 Å². The van der Waals surface area contributed by atoms with Crippen LogP contribution in [0, 0.1) is 11.3 Å². The number of likely N-dealkylation sites (N-methyl/N-ethyl adjacent to an activating group) is 1. The van der Waals surface area contributed by atoms with Crippen molar-refractivity contribution in [1.82, 2.24) is 4.90 Å². The van der Waals surface area contributed by atoms with Crippen LogP contribution in [0.2, 0.25) is 0 Å². The number of hydrogen-bond donors (Lipinski definition) is 0. The van der Waals surface area contributed by atoms with Gasteiger partial charge in [-0.2, -0.15) is 5.26 Å². The van der Waals surface area contributed by atoms with E-state index in [2.05, 4.69) is 13.2 Å². The van der Waals surface area contributed by atoms with Gasteiger partial charge in [-0.05, 0) is 18.6 Å². The molecular formula is C19H18N2O2S. The van der Waals surface area contributed by atoms with Crippen LogP contribution in [0.4, 0.5) is 0 Å². The van der Waals surface area contributed by atoms with Crippen molar-refractivity contribution in [1.29, 1.82) is 5.26 Å². The highest BCUT2D eigenvalue weighted by Gasteiger charge is 2.31. The normalized spacial score (nSPS) is 17.6. The van der Waals surface area contributed by atoms with Crippen LogP contribution in [-0.4, -0.2) is 24.0 Å². The van der Waals surface area contributed by atoms with Gasteiger partial charge in [-0.3, -0.25) is 0 Å². The number of rotatable bonds is 5. The number of esters is 1. The maximum atomic E-state index is 12.1. The van der Waals surface area contributed by atoms with E-state index < -0.39 is 5.97 Å². The first-order chi connectivity index (χ1) is 11.6. The van der Waals surface area contributed by atoms with E-state index in [1.165, 1.54) is 17.8 Å². The number of nitriles is 1. The highest BCUT2D eigenvalue weighted by Crippen LogP contribution is 2.46. The molecule has 24 heavy (non-hydrogen) atoms. The Bertz CT molecular complexity index is 757. The van der Waals surface area contributed by atoms with E-state index in [1.54, 1.807) is 0 Å². The first-order valence-electron chi connectivity index (χ1n) is 7.46. The third kappa shape index (κ3) is 3.79. The molecule has 1 aliphatic heterocycles. The largest absolute Gasteiger partial charge is 0.457 e. The molecule has 0 aliphatic carbocycles. The maximum Gasteiger partial charge on any atom is 0.351 e. The number of thioether (sulfide) groups is 1. The minimum Gasteiger partial charge on any atom is -0.457 e. The molecule has 122 valence electrons. The molecule has 2 rings (SSSR count). The lowest BCUT2D eigenvalue weighted by molar-refractivity contribution is -0.137. The summed E-state index contributed by atoms with van der Waals surface area (Å²) in [6.07, 6.45) is 3.46. The molecule has 0 bridgehead atoms. The van der Waals surface area contributed by atoms with Crippen molar-refractivity contribution >= 4 is 23.8 Å². The van der Waals surface area contributed by atoms with Crippen LogP contribution in [0.5, 0.6) is 0 Å². The number of hydrogen-bond acceptors (Lipinski definition) is 5. The van der Waals surface area contributed by atoms with E-state index in [4.69, 9.17) is 4.74 Å². The van der Waals surface area contributed by atoms with Gasteiger partial charge in [-0.25, -0.2) is 4.79 Å². The molecular weight excluding hydrogens is 320 g/mol. The molecule has 0 amide bonds. The quantitative estimate of drug-likeness (QED) is 0.350. The van der Waals surface area contributed by atoms with Crippen LogP contribution in [-0.2, 0) is 9.53 Å². The van der Waals surface area contributed by atoms with Crippen LogP contribution in [0.3, 0.4) is 0 Å². The Hall–Kier alpha value is -2.71. The number of benzene rings is 1. The van der Waals surface area contributed by atoms with Gasteiger partial charge in [0, 0.05) is 17.1 Å². The van der Waals surface area contributed by atoms with Crippen LogP contribution in [0.1, 0.15) is 12.5 Å². The molecule has 0 saturated carbocycles. The molecule has 1 aromatic rings. The van der Waals surface area contributed by atoms with E-state index in [9.17, 15) is 10.1 Å². The second-order valence-corrected chi connectivity index (χ2v) is 5.92. The van der Waals surface area contributed by atoms with Crippen LogP contribution < -0.4 is 0 Å². The van der Waals surface area contributed by atoms with Gasteiger partial charge in [-0.1, -0.05) is 61.3 Å². The predicted octanol–water partition coefficient (Wildman–Crippen LogP) is 4.07. The van der Waals surface area contributed by atoms with E-state index in [1.807, 2.05) is 54.3 Å². The monoisotopic (exact) mass is 338 g/mol. The number of carbonyl (C=O) groups excluding carboxylic acids is 1. The topological polar surface area (TPSA) is 53.3 Å². The van der Waals surface area contributed by atoms with Crippen molar-refractivity contribution in [3.63, 3.8) is 0 Å². The summed E-state index contributed by atoms with van der Waals surface area (Å²) in [5.41, 5.74) is 1.79. The Labute approximate surface area is 146 Å². The maximum absolute atomic E-state index is 12.1. The summed E-state index contributed by atoms with van der Waals surface area (Å²) in [7, 11) is 0. The smallest absolute Gasteiger partial charge is 0.351 e. The molecule has 0 unspecified atom stereocenters. The molecule has 0 spiro atoms. The zero-order valence-corrected chi connectivity index (χ0v) is 14.3. The van der Waals surface area contributed by atoms with Gasteiger partial charge in [0.25, 0.3) is 0 Å². The molecule has 0 aromatic heterocycles. The summed E-state index contributed by atoms with van der Waals surface area (Å²) < 4.78 is 5.01. The number of carbonyl (C=O) groups is 1. The number of nitrogens with zero attached hydrogens (tertiary/aromatic N) is 2. The Kier molecular flexibility index (Phi) is 6.05. The first-order valence-corrected chi connectivity index (χ1v) is 8.27. The molecule has 4 nitrogen and oxygen atoms in total. The summed E-state index contributed by atoms with van der Waals surface area (Å²) in [4.78, 5) is 14.9. The summed E-state index contributed by atoms with van der Waals surface area (Å²) in [6.45, 7) is 10.2. The fraction of sp³-hybridized carbons (Fsp3) is 0.158. The third-order valence-electron chi connectivity index (χ3n) is 3.34. The van der Waals surface area contributed by atoms with E-state index in [-0.39, 0.29) is 12.2 Å². The van der Waals surface area contributed by atoms with Crippen LogP contribution >= 0.6 is 11.8 Å². The van der Waals surface area contributed by atoms with Crippen molar-refractivity contribution in [2.24, 2.45) is 0 Å². The Morgan fingerprint density at radius 2 is 2.12 bits per heavy atom. The van der Waals surface area contributed by atoms with E-state index >= 15 is 0 Å². The lowest BCUT2D eigenvalue weighted by atomic mass is 10.2. The SMILES string of the molecule is C=CCOC(=O)/C(C#N)=C1\S/C(=C\c2ccccc2)C(=C)N1CC. The Morgan fingerprint density at radius 3 is 2.71 bits per heavy atom. The second-order valence-electron chi connectivity index (χ2n) is 4.89. The van der Waals surface area contributed by atoms with Gasteiger partial charge in [0.1, 0.15) is 17.7 Å². The van der Waals surface area contributed by atoms with Gasteiger partial charge < -0.3 is 9.64 Å². The highest BCUT2D eigenvalue weighted by atomic mass is 32.2. The molecule has 1 aromatic carbocycles. The zero-order valence-electron chi connectivity index (χ0n) is 13.5. The Balaban J connectivity index is 2.40. The lowest BCUT2D eigenvalue weighted by Gasteiger charge is -2.18. The van der Waals surface area contributed by atoms with Crippen molar-refractivity contribution in [3.05, 3.63) is 76.3 Å². The molecule has 1 fully saturated rings. The van der Waals surface area contributed by atoms with Crippen molar-refractivity contribution in [2.75, 3.05) is 13.2 Å². The van der Waals surface area contributed by atoms with Crippen molar-refractivity contribution < 1.29 is 9.53 Å². The average molecular weight is 338 g/mol. The van der Waals surface area contributed by atoms with Crippen LogP contribution in [0.15, 0.2) is 70.8 Å². The minimum atomic E-state index is -0.646. The summed E-state index contributed by atoms with van der Waals surface area (Å²) >= 11 is 1.36. The van der Waals surface area contributed by atoms with Gasteiger partial charge in [0.15, 0.2) is 5.57 Å². The van der Waals surface area contributed by atoms with E-state index in [0.29, 0.717) is 11.6 Å². The molecule has 0 atom stereocenters. The fourth-order valence-corrected chi connectivity index (χ4v) is 3.41. The van der Waals surface area contributed by atoms with Crippen molar-refractivity contribution in [2.45, 2.75) is 6.92 Å². The van der Waals surface area contributed by atoms with Gasteiger partial charge >= 0.3 is 5.97 Å². The molecule has 0 radical (unpaired) electrons.